The maximum atomic E-state index is 12.4. The number of amides is 2. The van der Waals surface area contributed by atoms with E-state index in [9.17, 15) is 9.59 Å². The minimum absolute atomic E-state index is 0.00185. The molecule has 0 aliphatic carbocycles. The third-order valence-electron chi connectivity index (χ3n) is 4.44. The van der Waals surface area contributed by atoms with Gasteiger partial charge < -0.3 is 15.1 Å². The van der Waals surface area contributed by atoms with Gasteiger partial charge in [-0.05, 0) is 24.6 Å². The van der Waals surface area contributed by atoms with Gasteiger partial charge in [-0.3, -0.25) is 9.59 Å². The Morgan fingerprint density at radius 3 is 2.58 bits per heavy atom. The highest BCUT2D eigenvalue weighted by Gasteiger charge is 2.26. The zero-order chi connectivity index (χ0) is 16.5. The molecule has 6 heteroatoms. The Kier molecular flexibility index (Phi) is 3.65. The van der Waals surface area contributed by atoms with Crippen LogP contribution in [0.15, 0.2) is 42.6 Å². The second kappa shape index (κ2) is 5.96. The molecule has 1 N–H and O–H groups in total. The van der Waals surface area contributed by atoms with Crippen LogP contribution >= 0.6 is 0 Å². The Hall–Kier alpha value is -2.89. The first-order valence-electron chi connectivity index (χ1n) is 8.11. The fourth-order valence-corrected chi connectivity index (χ4v) is 3.20. The summed E-state index contributed by atoms with van der Waals surface area (Å²) >= 11 is 0. The van der Waals surface area contributed by atoms with Gasteiger partial charge in [0.15, 0.2) is 0 Å². The van der Waals surface area contributed by atoms with Crippen molar-refractivity contribution in [1.82, 2.24) is 4.98 Å². The van der Waals surface area contributed by atoms with Crippen molar-refractivity contribution < 1.29 is 9.59 Å². The highest BCUT2D eigenvalue weighted by Crippen LogP contribution is 2.28. The molecule has 3 heterocycles. The maximum absolute atomic E-state index is 12.4. The summed E-state index contributed by atoms with van der Waals surface area (Å²) in [5.41, 5.74) is 2.59. The van der Waals surface area contributed by atoms with Crippen molar-refractivity contribution in [3.05, 3.63) is 48.2 Å². The first-order chi connectivity index (χ1) is 11.7. The van der Waals surface area contributed by atoms with E-state index in [4.69, 9.17) is 0 Å². The smallest absolute Gasteiger partial charge is 0.246 e. The van der Waals surface area contributed by atoms with Crippen LogP contribution in [0, 0.1) is 0 Å². The Balaban J connectivity index is 1.69. The van der Waals surface area contributed by atoms with Gasteiger partial charge in [0.05, 0.1) is 25.0 Å². The predicted molar refractivity (Wildman–Crippen MR) is 91.9 cm³/mol. The lowest BCUT2D eigenvalue weighted by atomic mass is 10.2. The van der Waals surface area contributed by atoms with Gasteiger partial charge in [0.1, 0.15) is 5.82 Å². The number of carbonyl (C=O) groups excluding carboxylic acids is 2. The average molecular weight is 322 g/mol. The molecule has 0 bridgehead atoms. The van der Waals surface area contributed by atoms with E-state index >= 15 is 0 Å². The van der Waals surface area contributed by atoms with E-state index in [0.717, 1.165) is 29.9 Å². The van der Waals surface area contributed by atoms with Gasteiger partial charge in [0.25, 0.3) is 0 Å². The number of aromatic nitrogens is 1. The third-order valence-corrected chi connectivity index (χ3v) is 4.44. The van der Waals surface area contributed by atoms with Crippen molar-refractivity contribution in [3.63, 3.8) is 0 Å². The van der Waals surface area contributed by atoms with Crippen LogP contribution in [0.5, 0.6) is 0 Å². The number of rotatable bonds is 2. The van der Waals surface area contributed by atoms with Crippen molar-refractivity contribution in [1.29, 1.82) is 0 Å². The number of pyridine rings is 1. The summed E-state index contributed by atoms with van der Waals surface area (Å²) in [6.07, 6.45) is 3.17. The molecule has 0 atom stereocenters. The predicted octanol–water partition coefficient (Wildman–Crippen LogP) is 2.17. The molecule has 2 aliphatic rings. The maximum Gasteiger partial charge on any atom is 0.246 e. The average Bonchev–Trinajstić information content (AvgIpc) is 2.97. The van der Waals surface area contributed by atoms with Crippen LogP contribution in [0.2, 0.25) is 0 Å². The number of carbonyl (C=O) groups is 2. The van der Waals surface area contributed by atoms with E-state index in [-0.39, 0.29) is 18.4 Å². The molecule has 1 aromatic carbocycles. The molecule has 1 aromatic heterocycles. The number of anilines is 3. The number of hydrogen-bond acceptors (Lipinski definition) is 4. The molecule has 2 aromatic rings. The minimum Gasteiger partial charge on any atom is -0.361 e. The van der Waals surface area contributed by atoms with Crippen LogP contribution in [-0.2, 0) is 16.1 Å². The summed E-state index contributed by atoms with van der Waals surface area (Å²) in [4.78, 5) is 32.4. The minimum atomic E-state index is -0.00185. The zero-order valence-electron chi connectivity index (χ0n) is 13.2. The zero-order valence-corrected chi connectivity index (χ0v) is 13.2. The van der Waals surface area contributed by atoms with Crippen LogP contribution in [0.1, 0.15) is 18.4 Å². The molecule has 122 valence electrons. The van der Waals surface area contributed by atoms with Gasteiger partial charge in [-0.25, -0.2) is 4.98 Å². The fraction of sp³-hybridized carbons (Fsp3) is 0.278. The summed E-state index contributed by atoms with van der Waals surface area (Å²) in [6, 6.07) is 11.6. The molecule has 0 unspecified atom stereocenters. The fourth-order valence-electron chi connectivity index (χ4n) is 3.20. The Morgan fingerprint density at radius 2 is 1.83 bits per heavy atom. The molecule has 2 amide bonds. The molecule has 2 aliphatic heterocycles. The lowest BCUT2D eigenvalue weighted by Crippen LogP contribution is -2.32. The van der Waals surface area contributed by atoms with E-state index in [1.165, 1.54) is 0 Å². The molecule has 24 heavy (non-hydrogen) atoms. The highest BCUT2D eigenvalue weighted by atomic mass is 16.2. The SMILES string of the molecule is O=C1CCCN1c1cnc2c(c1)CN(c1ccccc1)C(=O)CN2. The molecular formula is C18H18N4O2. The number of benzene rings is 1. The van der Waals surface area contributed by atoms with Gasteiger partial charge in [0, 0.05) is 24.2 Å². The molecule has 6 nitrogen and oxygen atoms in total. The van der Waals surface area contributed by atoms with Gasteiger partial charge >= 0.3 is 0 Å². The summed E-state index contributed by atoms with van der Waals surface area (Å²) in [7, 11) is 0. The van der Waals surface area contributed by atoms with Crippen LogP contribution in [0.4, 0.5) is 17.2 Å². The molecule has 0 radical (unpaired) electrons. The molecule has 1 fully saturated rings. The summed E-state index contributed by atoms with van der Waals surface area (Å²) < 4.78 is 0. The first-order valence-corrected chi connectivity index (χ1v) is 8.11. The Bertz CT molecular complexity index is 791. The first kappa shape index (κ1) is 14.7. The van der Waals surface area contributed by atoms with Gasteiger partial charge in [-0.1, -0.05) is 18.2 Å². The van der Waals surface area contributed by atoms with Gasteiger partial charge in [-0.2, -0.15) is 0 Å². The van der Waals surface area contributed by atoms with Gasteiger partial charge in [0.2, 0.25) is 11.8 Å². The van der Waals surface area contributed by atoms with Gasteiger partial charge in [-0.15, -0.1) is 0 Å². The largest absolute Gasteiger partial charge is 0.361 e. The number of fused-ring (bicyclic) bond motifs is 1. The topological polar surface area (TPSA) is 65.5 Å². The number of para-hydroxylation sites is 1. The van der Waals surface area contributed by atoms with Crippen molar-refractivity contribution in [2.24, 2.45) is 0 Å². The van der Waals surface area contributed by atoms with Crippen LogP contribution in [0.3, 0.4) is 0 Å². The van der Waals surface area contributed by atoms with Crippen molar-refractivity contribution in [3.8, 4) is 0 Å². The number of hydrogen-bond donors (Lipinski definition) is 1. The van der Waals surface area contributed by atoms with Crippen molar-refractivity contribution in [2.75, 3.05) is 28.2 Å². The molecule has 1 saturated heterocycles. The Labute approximate surface area is 140 Å². The molecule has 4 rings (SSSR count). The van der Waals surface area contributed by atoms with Crippen LogP contribution in [0.25, 0.3) is 0 Å². The van der Waals surface area contributed by atoms with E-state index < -0.39 is 0 Å². The van der Waals surface area contributed by atoms with E-state index in [0.29, 0.717) is 18.8 Å². The normalized spacial score (nSPS) is 17.5. The summed E-state index contributed by atoms with van der Waals surface area (Å²) in [6.45, 7) is 1.37. The monoisotopic (exact) mass is 322 g/mol. The van der Waals surface area contributed by atoms with Crippen molar-refractivity contribution >= 4 is 29.0 Å². The second-order valence-electron chi connectivity index (χ2n) is 6.02. The lowest BCUT2D eigenvalue weighted by molar-refractivity contribution is -0.117. The summed E-state index contributed by atoms with van der Waals surface area (Å²) in [5.74, 6) is 0.837. The van der Waals surface area contributed by atoms with E-state index in [1.54, 1.807) is 16.0 Å². The van der Waals surface area contributed by atoms with E-state index in [2.05, 4.69) is 10.3 Å². The third kappa shape index (κ3) is 2.60. The lowest BCUT2D eigenvalue weighted by Gasteiger charge is -2.21. The van der Waals surface area contributed by atoms with Crippen LogP contribution in [-0.4, -0.2) is 29.9 Å². The van der Waals surface area contributed by atoms with Crippen LogP contribution < -0.4 is 15.1 Å². The number of nitrogens with zero attached hydrogens (tertiary/aromatic N) is 3. The molecule has 0 saturated carbocycles. The second-order valence-corrected chi connectivity index (χ2v) is 6.02. The molecule has 0 spiro atoms. The quantitative estimate of drug-likeness (QED) is 0.920. The molecular weight excluding hydrogens is 304 g/mol. The highest BCUT2D eigenvalue weighted by molar-refractivity contribution is 5.98. The summed E-state index contributed by atoms with van der Waals surface area (Å²) in [5, 5.41) is 3.10. The Morgan fingerprint density at radius 1 is 1.00 bits per heavy atom. The van der Waals surface area contributed by atoms with Crippen molar-refractivity contribution in [2.45, 2.75) is 19.4 Å². The standard InChI is InChI=1S/C18H18N4O2/c23-16-7-4-8-21(16)15-9-13-12-22(14-5-2-1-3-6-14)17(24)11-20-18(13)19-10-15/h1-3,5-6,9-10H,4,7-8,11-12H2,(H,19,20). The van der Waals surface area contributed by atoms with E-state index in [1.807, 2.05) is 36.4 Å². The number of nitrogens with one attached hydrogen (secondary N) is 1.